The van der Waals surface area contributed by atoms with Crippen molar-refractivity contribution in [2.75, 3.05) is 5.32 Å². The van der Waals surface area contributed by atoms with Gasteiger partial charge in [-0.3, -0.25) is 14.9 Å². The summed E-state index contributed by atoms with van der Waals surface area (Å²) in [5.74, 6) is -0.664. The zero-order chi connectivity index (χ0) is 16.1. The predicted octanol–water partition coefficient (Wildman–Crippen LogP) is 3.96. The number of aryl methyl sites for hydroxylation is 1. The van der Waals surface area contributed by atoms with Crippen LogP contribution >= 0.6 is 11.6 Å². The van der Waals surface area contributed by atoms with Gasteiger partial charge in [0.05, 0.1) is 15.6 Å². The lowest BCUT2D eigenvalue weighted by Crippen LogP contribution is -2.12. The number of hydrogen-bond acceptors (Lipinski definition) is 3. The maximum atomic E-state index is 12.8. The largest absolute Gasteiger partial charge is 0.325 e. The Morgan fingerprint density at radius 2 is 1.91 bits per heavy atom. The molecule has 0 bridgehead atoms. The van der Waals surface area contributed by atoms with E-state index in [-0.39, 0.29) is 34.5 Å². The fourth-order valence-corrected chi connectivity index (χ4v) is 2.01. The van der Waals surface area contributed by atoms with Crippen molar-refractivity contribution < 1.29 is 14.1 Å². The molecule has 2 rings (SSSR count). The molecule has 0 aliphatic rings. The highest BCUT2D eigenvalue weighted by atomic mass is 35.5. The van der Waals surface area contributed by atoms with Gasteiger partial charge in [0.25, 0.3) is 5.69 Å². The van der Waals surface area contributed by atoms with E-state index >= 15 is 0 Å². The molecule has 7 heteroatoms. The van der Waals surface area contributed by atoms with Crippen molar-refractivity contribution in [3.63, 3.8) is 0 Å². The average molecular weight is 323 g/mol. The first kappa shape index (κ1) is 15.9. The van der Waals surface area contributed by atoms with Gasteiger partial charge in [-0.15, -0.1) is 0 Å². The Morgan fingerprint density at radius 3 is 2.55 bits per heavy atom. The van der Waals surface area contributed by atoms with E-state index in [1.54, 1.807) is 12.1 Å². The minimum atomic E-state index is -0.565. The first-order valence-corrected chi connectivity index (χ1v) is 6.82. The fraction of sp³-hybridized carbons (Fsp3) is 0.133. The quantitative estimate of drug-likeness (QED) is 0.669. The Hall–Kier alpha value is -2.47. The third kappa shape index (κ3) is 4.26. The maximum Gasteiger partial charge on any atom is 0.271 e. The molecule has 0 unspecified atom stereocenters. The second kappa shape index (κ2) is 7.00. The molecule has 0 atom stereocenters. The number of carbonyl (C=O) groups excluding carboxylic acids is 1. The summed E-state index contributed by atoms with van der Waals surface area (Å²) in [4.78, 5) is 22.0. The van der Waals surface area contributed by atoms with Gasteiger partial charge in [0, 0.05) is 18.6 Å². The van der Waals surface area contributed by atoms with Gasteiger partial charge in [0.15, 0.2) is 0 Å². The van der Waals surface area contributed by atoms with Crippen molar-refractivity contribution in [1.29, 1.82) is 0 Å². The number of halogens is 2. The van der Waals surface area contributed by atoms with E-state index in [1.807, 2.05) is 0 Å². The second-order valence-electron chi connectivity index (χ2n) is 4.60. The molecule has 5 nitrogen and oxygen atoms in total. The Kier molecular flexibility index (Phi) is 5.06. The third-order valence-electron chi connectivity index (χ3n) is 2.99. The van der Waals surface area contributed by atoms with Gasteiger partial charge < -0.3 is 5.32 Å². The molecule has 114 valence electrons. The monoisotopic (exact) mass is 322 g/mol. The molecule has 0 radical (unpaired) electrons. The lowest BCUT2D eigenvalue weighted by atomic mass is 10.1. The number of nitrogens with one attached hydrogen (secondary N) is 1. The van der Waals surface area contributed by atoms with Crippen molar-refractivity contribution in [1.82, 2.24) is 0 Å². The molecule has 0 aromatic heterocycles. The van der Waals surface area contributed by atoms with E-state index in [0.29, 0.717) is 6.42 Å². The molecule has 0 fully saturated rings. The first-order valence-electron chi connectivity index (χ1n) is 6.44. The van der Waals surface area contributed by atoms with Crippen LogP contribution in [0.15, 0.2) is 42.5 Å². The number of rotatable bonds is 5. The normalized spacial score (nSPS) is 10.3. The Balaban J connectivity index is 1.98. The zero-order valence-corrected chi connectivity index (χ0v) is 12.1. The van der Waals surface area contributed by atoms with Crippen LogP contribution in [0.1, 0.15) is 12.0 Å². The maximum absolute atomic E-state index is 12.8. The molecule has 1 amide bonds. The van der Waals surface area contributed by atoms with Crippen LogP contribution in [0.3, 0.4) is 0 Å². The van der Waals surface area contributed by atoms with Crippen LogP contribution in [0.25, 0.3) is 0 Å². The van der Waals surface area contributed by atoms with Crippen LogP contribution in [0, 0.1) is 15.9 Å². The summed E-state index contributed by atoms with van der Waals surface area (Å²) in [5, 5.41) is 13.5. The minimum absolute atomic E-state index is 0.154. The summed E-state index contributed by atoms with van der Waals surface area (Å²) in [6.07, 6.45) is 0.587. The summed E-state index contributed by atoms with van der Waals surface area (Å²) in [6, 6.07) is 9.67. The van der Waals surface area contributed by atoms with Gasteiger partial charge in [-0.1, -0.05) is 23.7 Å². The lowest BCUT2D eigenvalue weighted by Gasteiger charge is -2.07. The van der Waals surface area contributed by atoms with Crippen LogP contribution in [-0.4, -0.2) is 10.8 Å². The van der Waals surface area contributed by atoms with E-state index in [4.69, 9.17) is 11.6 Å². The SMILES string of the molecule is O=C(CCc1ccc(F)cc1)Nc1cc([N+](=O)[O-])ccc1Cl. The van der Waals surface area contributed by atoms with E-state index < -0.39 is 4.92 Å². The van der Waals surface area contributed by atoms with Gasteiger partial charge in [0.2, 0.25) is 5.91 Å². The summed E-state index contributed by atoms with van der Waals surface area (Å²) in [7, 11) is 0. The third-order valence-corrected chi connectivity index (χ3v) is 3.32. The number of non-ortho nitro benzene ring substituents is 1. The number of nitro benzene ring substituents is 1. The number of benzene rings is 2. The van der Waals surface area contributed by atoms with Crippen molar-refractivity contribution in [3.05, 3.63) is 69.0 Å². The van der Waals surface area contributed by atoms with E-state index in [1.165, 1.54) is 30.3 Å². The number of nitrogens with zero attached hydrogens (tertiary/aromatic N) is 1. The van der Waals surface area contributed by atoms with Gasteiger partial charge in [-0.05, 0) is 30.2 Å². The topological polar surface area (TPSA) is 72.2 Å². The molecule has 22 heavy (non-hydrogen) atoms. The van der Waals surface area contributed by atoms with Crippen LogP contribution in [0.4, 0.5) is 15.8 Å². The van der Waals surface area contributed by atoms with Crippen molar-refractivity contribution in [2.24, 2.45) is 0 Å². The van der Waals surface area contributed by atoms with Gasteiger partial charge in [-0.25, -0.2) is 4.39 Å². The van der Waals surface area contributed by atoms with Crippen molar-refractivity contribution in [2.45, 2.75) is 12.8 Å². The molecule has 0 spiro atoms. The second-order valence-corrected chi connectivity index (χ2v) is 5.00. The summed E-state index contributed by atoms with van der Waals surface area (Å²) >= 11 is 5.90. The Morgan fingerprint density at radius 1 is 1.23 bits per heavy atom. The van der Waals surface area contributed by atoms with Crippen molar-refractivity contribution in [3.8, 4) is 0 Å². The number of carbonyl (C=O) groups is 1. The standard InChI is InChI=1S/C15H12ClFN2O3/c16-13-7-6-12(19(21)22)9-14(13)18-15(20)8-3-10-1-4-11(17)5-2-10/h1-2,4-7,9H,3,8H2,(H,18,20). The smallest absolute Gasteiger partial charge is 0.271 e. The van der Waals surface area contributed by atoms with Crippen molar-refractivity contribution >= 4 is 28.9 Å². The van der Waals surface area contributed by atoms with Gasteiger partial charge >= 0.3 is 0 Å². The average Bonchev–Trinajstić information content (AvgIpc) is 2.48. The van der Waals surface area contributed by atoms with Crippen LogP contribution < -0.4 is 5.32 Å². The highest BCUT2D eigenvalue weighted by molar-refractivity contribution is 6.33. The predicted molar refractivity (Wildman–Crippen MR) is 81.5 cm³/mol. The molecule has 2 aromatic rings. The molecule has 2 aromatic carbocycles. The van der Waals surface area contributed by atoms with E-state index in [0.717, 1.165) is 5.56 Å². The van der Waals surface area contributed by atoms with Crippen LogP contribution in [-0.2, 0) is 11.2 Å². The summed E-state index contributed by atoms with van der Waals surface area (Å²) in [5.41, 5.74) is 0.861. The lowest BCUT2D eigenvalue weighted by molar-refractivity contribution is -0.384. The molecule has 0 heterocycles. The zero-order valence-electron chi connectivity index (χ0n) is 11.4. The number of amides is 1. The van der Waals surface area contributed by atoms with E-state index in [9.17, 15) is 19.3 Å². The molecule has 0 saturated carbocycles. The molecular weight excluding hydrogens is 311 g/mol. The summed E-state index contributed by atoms with van der Waals surface area (Å²) in [6.45, 7) is 0. The number of hydrogen-bond donors (Lipinski definition) is 1. The van der Waals surface area contributed by atoms with Gasteiger partial charge in [-0.2, -0.15) is 0 Å². The highest BCUT2D eigenvalue weighted by Gasteiger charge is 2.12. The van der Waals surface area contributed by atoms with Crippen LogP contribution in [0.5, 0.6) is 0 Å². The summed E-state index contributed by atoms with van der Waals surface area (Å²) < 4.78 is 12.8. The van der Waals surface area contributed by atoms with E-state index in [2.05, 4.69) is 5.32 Å². The highest BCUT2D eigenvalue weighted by Crippen LogP contribution is 2.26. The minimum Gasteiger partial charge on any atom is -0.325 e. The Labute approximate surface area is 130 Å². The number of anilines is 1. The molecule has 0 aliphatic heterocycles. The molecule has 0 aliphatic carbocycles. The number of nitro groups is 1. The van der Waals surface area contributed by atoms with Gasteiger partial charge in [0.1, 0.15) is 5.82 Å². The molecule has 0 saturated heterocycles. The van der Waals surface area contributed by atoms with Crippen LogP contribution in [0.2, 0.25) is 5.02 Å². The molecular formula is C15H12ClFN2O3. The molecule has 1 N–H and O–H groups in total. The first-order chi connectivity index (χ1) is 10.5. The Bertz CT molecular complexity index is 704. The fourth-order valence-electron chi connectivity index (χ4n) is 1.84.